The highest BCUT2D eigenvalue weighted by atomic mass is 31.0. The summed E-state index contributed by atoms with van der Waals surface area (Å²) in [4.78, 5) is 26.8. The molecule has 1 saturated heterocycles. The van der Waals surface area contributed by atoms with Gasteiger partial charge in [-0.05, 0) is 31.5 Å². The Hall–Kier alpha value is -2.96. The van der Waals surface area contributed by atoms with Crippen LogP contribution in [-0.2, 0) is 16.8 Å². The number of fused-ring (bicyclic) bond motifs is 1. The van der Waals surface area contributed by atoms with Crippen LogP contribution in [0, 0.1) is 6.92 Å². The minimum Gasteiger partial charge on any atom is -0.378 e. The van der Waals surface area contributed by atoms with Crippen molar-refractivity contribution in [2.45, 2.75) is 19.0 Å². The Morgan fingerprint density at radius 2 is 1.82 bits per heavy atom. The van der Waals surface area contributed by atoms with Crippen molar-refractivity contribution in [1.29, 1.82) is 0 Å². The summed E-state index contributed by atoms with van der Waals surface area (Å²) in [7, 11) is 1.52. The maximum Gasteiger partial charge on any atom is 0.283 e. The molecule has 2 aliphatic rings. The quantitative estimate of drug-likeness (QED) is 0.516. The average Bonchev–Trinajstić information content (AvgIpc) is 3.27. The van der Waals surface area contributed by atoms with Crippen LogP contribution in [0.1, 0.15) is 27.0 Å². The number of carbonyl (C=O) groups is 1. The molecule has 2 aliphatic heterocycles. The smallest absolute Gasteiger partial charge is 0.283 e. The molecular formula is C25H25F2N4O2P. The number of halogens is 2. The van der Waals surface area contributed by atoms with E-state index in [1.54, 1.807) is 11.0 Å². The van der Waals surface area contributed by atoms with E-state index >= 15 is 0 Å². The largest absolute Gasteiger partial charge is 0.378 e. The Kier molecular flexibility index (Phi) is 6.04. The molecule has 0 aliphatic carbocycles. The van der Waals surface area contributed by atoms with Gasteiger partial charge in [0.05, 0.1) is 18.9 Å². The molecule has 1 amide bonds. The Balaban J connectivity index is 1.59. The second-order valence-electron chi connectivity index (χ2n) is 8.55. The zero-order valence-electron chi connectivity index (χ0n) is 18.8. The van der Waals surface area contributed by atoms with E-state index in [0.29, 0.717) is 51.0 Å². The molecule has 9 heteroatoms. The van der Waals surface area contributed by atoms with E-state index in [9.17, 15) is 13.6 Å². The molecule has 3 aromatic rings. The first-order chi connectivity index (χ1) is 16.3. The number of aryl methyl sites for hydroxylation is 1. The maximum absolute atomic E-state index is 13.8. The number of nitrogens with zero attached hydrogens (tertiary/aromatic N) is 4. The minimum atomic E-state index is -3.11. The Morgan fingerprint density at radius 3 is 2.56 bits per heavy atom. The van der Waals surface area contributed by atoms with Gasteiger partial charge >= 0.3 is 0 Å². The van der Waals surface area contributed by atoms with Crippen molar-refractivity contribution in [1.82, 2.24) is 9.97 Å². The van der Waals surface area contributed by atoms with Crippen LogP contribution in [0.5, 0.6) is 0 Å². The van der Waals surface area contributed by atoms with Crippen molar-refractivity contribution in [2.24, 2.45) is 0 Å². The van der Waals surface area contributed by atoms with Crippen LogP contribution >= 0.6 is 9.24 Å². The van der Waals surface area contributed by atoms with Gasteiger partial charge in [-0.15, -0.1) is 0 Å². The molecule has 0 bridgehead atoms. The second kappa shape index (κ2) is 9.01. The summed E-state index contributed by atoms with van der Waals surface area (Å²) in [6.45, 7) is 4.92. The molecule has 6 nitrogen and oxygen atoms in total. The average molecular weight is 482 g/mol. The fraction of sp³-hybridized carbons (Fsp3) is 0.320. The van der Waals surface area contributed by atoms with Crippen molar-refractivity contribution >= 4 is 26.9 Å². The van der Waals surface area contributed by atoms with Gasteiger partial charge in [-0.2, -0.15) is 13.8 Å². The van der Waals surface area contributed by atoms with Gasteiger partial charge in [-0.3, -0.25) is 9.69 Å². The molecule has 0 radical (unpaired) electrons. The number of benzene rings is 2. The number of rotatable bonds is 4. The van der Waals surface area contributed by atoms with Gasteiger partial charge in [0.2, 0.25) is 5.95 Å². The van der Waals surface area contributed by atoms with E-state index in [1.165, 1.54) is 27.4 Å². The van der Waals surface area contributed by atoms with Crippen LogP contribution in [0.4, 0.5) is 20.5 Å². The lowest BCUT2D eigenvalue weighted by atomic mass is 10.0. The van der Waals surface area contributed by atoms with Gasteiger partial charge < -0.3 is 9.64 Å². The third-order valence-electron chi connectivity index (χ3n) is 6.14. The topological polar surface area (TPSA) is 58.6 Å². The molecule has 5 rings (SSSR count). The number of anilines is 2. The highest BCUT2D eigenvalue weighted by molar-refractivity contribution is 7.17. The van der Waals surface area contributed by atoms with Gasteiger partial charge in [0.1, 0.15) is 5.82 Å². The van der Waals surface area contributed by atoms with Crippen LogP contribution in [0.25, 0.3) is 11.3 Å². The number of morpholine rings is 1. The number of hydrogen-bond acceptors (Lipinski definition) is 5. The first-order valence-electron chi connectivity index (χ1n) is 11.2. The Bertz CT molecular complexity index is 1240. The molecule has 176 valence electrons. The summed E-state index contributed by atoms with van der Waals surface area (Å²) < 4.78 is 33.2. The van der Waals surface area contributed by atoms with E-state index in [1.807, 2.05) is 25.1 Å². The number of hydrogen-bond donors (Lipinski definition) is 0. The summed E-state index contributed by atoms with van der Waals surface area (Å²) in [6.07, 6.45) is 0.590. The highest BCUT2D eigenvalue weighted by Gasteiger charge is 2.33. The van der Waals surface area contributed by atoms with Gasteiger partial charge in [0.15, 0.2) is 0 Å². The lowest BCUT2D eigenvalue weighted by Gasteiger charge is -2.28. The fourth-order valence-corrected chi connectivity index (χ4v) is 4.57. The summed E-state index contributed by atoms with van der Waals surface area (Å²) in [6, 6.07) is 13.7. The van der Waals surface area contributed by atoms with E-state index in [4.69, 9.17) is 14.7 Å². The van der Waals surface area contributed by atoms with E-state index in [0.717, 1.165) is 22.4 Å². The van der Waals surface area contributed by atoms with Crippen LogP contribution in [0.2, 0.25) is 0 Å². The first kappa shape index (κ1) is 22.8. The minimum absolute atomic E-state index is 0.205. The van der Waals surface area contributed by atoms with Crippen molar-refractivity contribution in [3.05, 3.63) is 70.8 Å². The molecule has 0 saturated carbocycles. The van der Waals surface area contributed by atoms with Crippen LogP contribution < -0.4 is 9.80 Å². The van der Waals surface area contributed by atoms with Crippen molar-refractivity contribution in [2.75, 3.05) is 42.6 Å². The van der Waals surface area contributed by atoms with E-state index < -0.39 is 5.66 Å². The molecular weight excluding hydrogens is 457 g/mol. The number of carbonyl (C=O) groups excluding carboxylic acids is 1. The fourth-order valence-electron chi connectivity index (χ4n) is 4.39. The first-order valence-corrected chi connectivity index (χ1v) is 11.8. The normalized spacial score (nSPS) is 16.0. The van der Waals surface area contributed by atoms with Crippen LogP contribution in [0.3, 0.4) is 0 Å². The lowest BCUT2D eigenvalue weighted by Crippen LogP contribution is -2.38. The number of alkyl halides is 2. The van der Waals surface area contributed by atoms with Gasteiger partial charge in [-0.1, -0.05) is 45.1 Å². The van der Waals surface area contributed by atoms with E-state index in [2.05, 4.69) is 11.0 Å². The molecule has 0 spiro atoms. The molecule has 1 aromatic heterocycles. The third-order valence-corrected chi connectivity index (χ3v) is 6.47. The molecule has 3 heterocycles. The van der Waals surface area contributed by atoms with Gasteiger partial charge in [0.25, 0.3) is 11.6 Å². The number of ether oxygens (including phenoxy) is 1. The standard InChI is InChI=1S/C25H25F2N4O2P/c1-16-4-2-5-17(14-16)21-20-8-9-31(22(20)29-24(28-21)30-10-12-33-13-11-30)23(32)18-6-3-7-19(15-18)25(26,27)34/h2-7,14-15H,8-13,34H2,1H3. The predicted octanol–water partition coefficient (Wildman–Crippen LogP) is 4.42. The highest BCUT2D eigenvalue weighted by Crippen LogP contribution is 2.38. The number of amides is 1. The molecule has 1 unspecified atom stereocenters. The Morgan fingerprint density at radius 1 is 1.06 bits per heavy atom. The molecule has 1 atom stereocenters. The summed E-state index contributed by atoms with van der Waals surface area (Å²) >= 11 is 0. The SMILES string of the molecule is Cc1cccc(-c2nc(N3CCOCC3)nc3c2CCN3C(=O)c2cccc(C(F)(F)P)c2)c1. The molecule has 34 heavy (non-hydrogen) atoms. The summed E-state index contributed by atoms with van der Waals surface area (Å²) in [5.74, 6) is 0.737. The van der Waals surface area contributed by atoms with Crippen molar-refractivity contribution < 1.29 is 18.3 Å². The molecule has 1 fully saturated rings. The molecule has 0 N–H and O–H groups in total. The van der Waals surface area contributed by atoms with Gasteiger partial charge in [0, 0.05) is 41.9 Å². The zero-order chi connectivity index (χ0) is 23.9. The molecule has 2 aromatic carbocycles. The van der Waals surface area contributed by atoms with Crippen LogP contribution in [-0.4, -0.2) is 48.7 Å². The lowest BCUT2D eigenvalue weighted by molar-refractivity contribution is 0.0983. The van der Waals surface area contributed by atoms with Crippen molar-refractivity contribution in [3.63, 3.8) is 0 Å². The third kappa shape index (κ3) is 4.40. The number of aromatic nitrogens is 2. The summed E-state index contributed by atoms with van der Waals surface area (Å²) in [5.41, 5.74) is 0.643. The predicted molar refractivity (Wildman–Crippen MR) is 131 cm³/mol. The zero-order valence-corrected chi connectivity index (χ0v) is 20.0. The van der Waals surface area contributed by atoms with Gasteiger partial charge in [-0.25, -0.2) is 4.98 Å². The van der Waals surface area contributed by atoms with E-state index in [-0.39, 0.29) is 17.0 Å². The monoisotopic (exact) mass is 482 g/mol. The van der Waals surface area contributed by atoms with Crippen LogP contribution in [0.15, 0.2) is 48.5 Å². The van der Waals surface area contributed by atoms with Crippen molar-refractivity contribution in [3.8, 4) is 11.3 Å². The Labute approximate surface area is 199 Å². The summed E-state index contributed by atoms with van der Waals surface area (Å²) in [5, 5.41) is 0. The maximum atomic E-state index is 13.8. The second-order valence-corrected chi connectivity index (χ2v) is 9.28.